The lowest BCUT2D eigenvalue weighted by molar-refractivity contribution is -0.121. The third-order valence-corrected chi connectivity index (χ3v) is 7.65. The first kappa shape index (κ1) is 24.9. The predicted molar refractivity (Wildman–Crippen MR) is 143 cm³/mol. The van der Waals surface area contributed by atoms with E-state index in [1.54, 1.807) is 29.7 Å². The van der Waals surface area contributed by atoms with Crippen LogP contribution in [0.2, 0.25) is 0 Å². The number of thioether (sulfide) groups is 1. The van der Waals surface area contributed by atoms with E-state index >= 15 is 0 Å². The highest BCUT2D eigenvalue weighted by molar-refractivity contribution is 7.99. The van der Waals surface area contributed by atoms with Gasteiger partial charge in [-0.2, -0.15) is 5.10 Å². The summed E-state index contributed by atoms with van der Waals surface area (Å²) in [6, 6.07) is 11.5. The van der Waals surface area contributed by atoms with Crippen LogP contribution in [-0.4, -0.2) is 51.8 Å². The smallest absolute Gasteiger partial charge is 0.265 e. The zero-order valence-corrected chi connectivity index (χ0v) is 22.1. The van der Waals surface area contributed by atoms with E-state index in [2.05, 4.69) is 16.5 Å². The molecule has 3 heterocycles. The minimum atomic E-state index is -0.255. The lowest BCUT2D eigenvalue weighted by Crippen LogP contribution is -2.31. The molecule has 192 valence electrons. The Labute approximate surface area is 218 Å². The third-order valence-electron chi connectivity index (χ3n) is 6.56. The van der Waals surface area contributed by atoms with Crippen molar-refractivity contribution < 1.29 is 14.3 Å². The SMILES string of the molecule is COc1ccc(CCNC(=O)CC2CSc3nc4c(cnn4-c4ccc(C)cc4C)c(=O)n32)cc1OC. The van der Waals surface area contributed by atoms with Gasteiger partial charge in [-0.05, 0) is 49.6 Å². The molecule has 37 heavy (non-hydrogen) atoms. The van der Waals surface area contributed by atoms with Gasteiger partial charge >= 0.3 is 0 Å². The van der Waals surface area contributed by atoms with Crippen LogP contribution in [-0.2, 0) is 11.2 Å². The average molecular weight is 520 g/mol. The average Bonchev–Trinajstić information content (AvgIpc) is 3.49. The summed E-state index contributed by atoms with van der Waals surface area (Å²) in [7, 11) is 3.19. The number of carbonyl (C=O) groups is 1. The first-order valence-corrected chi connectivity index (χ1v) is 13.1. The van der Waals surface area contributed by atoms with Crippen molar-refractivity contribution in [1.29, 1.82) is 0 Å². The molecule has 1 amide bonds. The molecule has 4 aromatic rings. The molecule has 0 saturated heterocycles. The second kappa shape index (κ2) is 10.3. The number of nitrogens with one attached hydrogen (secondary N) is 1. The molecule has 1 aliphatic heterocycles. The van der Waals surface area contributed by atoms with E-state index in [-0.39, 0.29) is 23.9 Å². The molecule has 0 saturated carbocycles. The van der Waals surface area contributed by atoms with Gasteiger partial charge in [-0.3, -0.25) is 14.2 Å². The first-order valence-electron chi connectivity index (χ1n) is 12.1. The fraction of sp³-hybridized carbons (Fsp3) is 0.333. The van der Waals surface area contributed by atoms with Gasteiger partial charge in [0.25, 0.3) is 5.56 Å². The number of ether oxygens (including phenoxy) is 2. The highest BCUT2D eigenvalue weighted by Gasteiger charge is 2.29. The summed E-state index contributed by atoms with van der Waals surface area (Å²) in [6.07, 6.45) is 2.44. The summed E-state index contributed by atoms with van der Waals surface area (Å²) in [5, 5.41) is 8.51. The molecule has 10 heteroatoms. The van der Waals surface area contributed by atoms with Gasteiger partial charge in [0.15, 0.2) is 22.3 Å². The largest absolute Gasteiger partial charge is 0.493 e. The van der Waals surface area contributed by atoms with E-state index < -0.39 is 0 Å². The molecule has 0 radical (unpaired) electrons. The van der Waals surface area contributed by atoms with Gasteiger partial charge in [-0.15, -0.1) is 0 Å². The number of nitrogens with zero attached hydrogens (tertiary/aromatic N) is 4. The van der Waals surface area contributed by atoms with Crippen LogP contribution in [0.1, 0.15) is 29.2 Å². The predicted octanol–water partition coefficient (Wildman–Crippen LogP) is 3.61. The van der Waals surface area contributed by atoms with Gasteiger partial charge in [-0.1, -0.05) is 35.5 Å². The maximum atomic E-state index is 13.4. The minimum absolute atomic E-state index is 0.100. The number of methoxy groups -OCH3 is 2. The Morgan fingerprint density at radius 3 is 2.70 bits per heavy atom. The number of carbonyl (C=O) groups excluding carboxylic acids is 1. The van der Waals surface area contributed by atoms with Crippen LogP contribution in [0, 0.1) is 13.8 Å². The van der Waals surface area contributed by atoms with Crippen molar-refractivity contribution in [2.75, 3.05) is 26.5 Å². The maximum absolute atomic E-state index is 13.4. The molecule has 2 aromatic heterocycles. The number of rotatable bonds is 8. The van der Waals surface area contributed by atoms with Gasteiger partial charge in [-0.25, -0.2) is 9.67 Å². The van der Waals surface area contributed by atoms with Gasteiger partial charge < -0.3 is 14.8 Å². The number of hydrogen-bond acceptors (Lipinski definition) is 7. The van der Waals surface area contributed by atoms with Crippen molar-refractivity contribution in [2.24, 2.45) is 0 Å². The summed E-state index contributed by atoms with van der Waals surface area (Å²) in [6.45, 7) is 4.54. The molecule has 0 spiro atoms. The van der Waals surface area contributed by atoms with Crippen LogP contribution in [0.25, 0.3) is 16.7 Å². The quantitative estimate of drug-likeness (QED) is 0.355. The molecule has 9 nitrogen and oxygen atoms in total. The molecule has 1 unspecified atom stereocenters. The molecule has 0 bridgehead atoms. The zero-order chi connectivity index (χ0) is 26.1. The number of hydrogen-bond donors (Lipinski definition) is 1. The van der Waals surface area contributed by atoms with Gasteiger partial charge in [0.1, 0.15) is 5.39 Å². The van der Waals surface area contributed by atoms with E-state index in [0.29, 0.717) is 46.4 Å². The minimum Gasteiger partial charge on any atom is -0.493 e. The number of aryl methyl sites for hydroxylation is 2. The number of aromatic nitrogens is 4. The van der Waals surface area contributed by atoms with Crippen LogP contribution < -0.4 is 20.3 Å². The van der Waals surface area contributed by atoms with Crippen molar-refractivity contribution in [3.8, 4) is 17.2 Å². The summed E-state index contributed by atoms with van der Waals surface area (Å²) >= 11 is 1.49. The third kappa shape index (κ3) is 4.81. The highest BCUT2D eigenvalue weighted by atomic mass is 32.2. The standard InChI is InChI=1S/C27H29N5O4S/c1-16-5-7-21(17(2)11-16)32-25-20(14-29-32)26(34)31-19(15-37-27(31)30-25)13-24(33)28-10-9-18-6-8-22(35-3)23(12-18)36-4/h5-8,11-12,14,19H,9-10,13,15H2,1-4H3,(H,28,33). The molecule has 1 atom stereocenters. The van der Waals surface area contributed by atoms with Crippen LogP contribution in [0.5, 0.6) is 11.5 Å². The van der Waals surface area contributed by atoms with Crippen molar-refractivity contribution in [2.45, 2.75) is 37.9 Å². The van der Waals surface area contributed by atoms with Crippen LogP contribution in [0.15, 0.2) is 52.5 Å². The maximum Gasteiger partial charge on any atom is 0.265 e. The summed E-state index contributed by atoms with van der Waals surface area (Å²) in [5.74, 6) is 1.84. The van der Waals surface area contributed by atoms with Gasteiger partial charge in [0.2, 0.25) is 5.91 Å². The van der Waals surface area contributed by atoms with E-state index in [9.17, 15) is 9.59 Å². The summed E-state index contributed by atoms with van der Waals surface area (Å²) in [5.41, 5.74) is 4.52. The van der Waals surface area contributed by atoms with Gasteiger partial charge in [0.05, 0.1) is 32.1 Å². The Balaban J connectivity index is 1.29. The second-order valence-corrected chi connectivity index (χ2v) is 10.1. The van der Waals surface area contributed by atoms with Crippen molar-refractivity contribution in [3.63, 3.8) is 0 Å². The molecule has 1 N–H and O–H groups in total. The highest BCUT2D eigenvalue weighted by Crippen LogP contribution is 2.33. The Morgan fingerprint density at radius 1 is 1.14 bits per heavy atom. The van der Waals surface area contributed by atoms with Crippen molar-refractivity contribution in [3.05, 3.63) is 69.6 Å². The topological polar surface area (TPSA) is 100 Å². The lowest BCUT2D eigenvalue weighted by atomic mass is 10.1. The lowest BCUT2D eigenvalue weighted by Gasteiger charge is -2.14. The fourth-order valence-corrected chi connectivity index (χ4v) is 5.80. The fourth-order valence-electron chi connectivity index (χ4n) is 4.67. The van der Waals surface area contributed by atoms with E-state index in [4.69, 9.17) is 14.5 Å². The molecular formula is C27H29N5O4S. The molecule has 0 fully saturated rings. The second-order valence-electron chi connectivity index (χ2n) is 9.11. The van der Waals surface area contributed by atoms with Gasteiger partial charge in [0, 0.05) is 18.7 Å². The van der Waals surface area contributed by atoms with Crippen LogP contribution in [0.3, 0.4) is 0 Å². The Morgan fingerprint density at radius 2 is 1.95 bits per heavy atom. The Hall–Kier alpha value is -3.79. The number of amides is 1. The van der Waals surface area contributed by atoms with Crippen molar-refractivity contribution >= 4 is 28.7 Å². The monoisotopic (exact) mass is 519 g/mol. The first-order chi connectivity index (χ1) is 17.9. The Bertz CT molecular complexity index is 1540. The number of fused-ring (bicyclic) bond motifs is 2. The van der Waals surface area contributed by atoms with Crippen LogP contribution >= 0.6 is 11.8 Å². The normalized spacial score (nSPS) is 14.5. The Kier molecular flexibility index (Phi) is 6.92. The van der Waals surface area contributed by atoms with E-state index in [1.807, 2.05) is 44.2 Å². The van der Waals surface area contributed by atoms with Crippen LogP contribution in [0.4, 0.5) is 0 Å². The molecule has 1 aliphatic rings. The zero-order valence-electron chi connectivity index (χ0n) is 21.3. The van der Waals surface area contributed by atoms with E-state index in [0.717, 1.165) is 22.4 Å². The molecule has 0 aliphatic carbocycles. The molecule has 5 rings (SSSR count). The van der Waals surface area contributed by atoms with E-state index in [1.165, 1.54) is 11.8 Å². The van der Waals surface area contributed by atoms with Crippen molar-refractivity contribution in [1.82, 2.24) is 24.6 Å². The molecular weight excluding hydrogens is 490 g/mol. The number of benzene rings is 2. The summed E-state index contributed by atoms with van der Waals surface area (Å²) < 4.78 is 14.0. The summed E-state index contributed by atoms with van der Waals surface area (Å²) in [4.78, 5) is 30.9. The molecule has 2 aromatic carbocycles.